The molecule has 1 saturated carbocycles. The number of fused-ring (bicyclic) bond motifs is 1. The molecule has 172 valence electrons. The van der Waals surface area contributed by atoms with E-state index in [1.165, 1.54) is 12.7 Å². The second-order valence-corrected chi connectivity index (χ2v) is 10.2. The van der Waals surface area contributed by atoms with Crippen LogP contribution in [-0.2, 0) is 9.53 Å². The van der Waals surface area contributed by atoms with Gasteiger partial charge in [-0.25, -0.2) is 9.48 Å². The molecule has 0 radical (unpaired) electrons. The number of methoxy groups -OCH3 is 1. The first-order valence-corrected chi connectivity index (χ1v) is 12.0. The van der Waals surface area contributed by atoms with Crippen LogP contribution in [0.15, 0.2) is 40.3 Å². The van der Waals surface area contributed by atoms with Gasteiger partial charge in [0.2, 0.25) is 5.95 Å². The number of nitrogens with zero attached hydrogens (tertiary/aromatic N) is 3. The van der Waals surface area contributed by atoms with Gasteiger partial charge in [0.15, 0.2) is 0 Å². The highest BCUT2D eigenvalue weighted by Gasteiger charge is 2.39. The maximum absolute atomic E-state index is 13.7. The fraction of sp³-hybridized carbons (Fsp3) is 0.542. The quantitative estimate of drug-likeness (QED) is 0.555. The van der Waals surface area contributed by atoms with Crippen molar-refractivity contribution in [3.63, 3.8) is 0 Å². The minimum atomic E-state index is -0.507. The van der Waals surface area contributed by atoms with Crippen molar-refractivity contribution in [2.75, 3.05) is 12.4 Å². The van der Waals surface area contributed by atoms with Crippen LogP contribution < -0.4 is 10.1 Å². The summed E-state index contributed by atoms with van der Waals surface area (Å²) in [5, 5.41) is 7.64. The number of anilines is 1. The molecular weight excluding hydrogens is 472 g/mol. The number of allylic oxidation sites excluding steroid dienone is 1. The summed E-state index contributed by atoms with van der Waals surface area (Å²) >= 11 is 3.56. The molecule has 1 aromatic carbocycles. The van der Waals surface area contributed by atoms with Gasteiger partial charge in [-0.15, -0.1) is 0 Å². The van der Waals surface area contributed by atoms with Crippen molar-refractivity contribution in [2.24, 2.45) is 17.8 Å². The van der Waals surface area contributed by atoms with Gasteiger partial charge in [0.25, 0.3) is 0 Å². The molecule has 8 heteroatoms. The minimum absolute atomic E-state index is 0.0891. The number of carbonyl (C=O) groups excluding carboxylic acids is 1. The lowest BCUT2D eigenvalue weighted by atomic mass is 9.75. The fourth-order valence-electron chi connectivity index (χ4n) is 5.01. The Bertz CT molecular complexity index is 1030. The van der Waals surface area contributed by atoms with Crippen LogP contribution in [0.1, 0.15) is 58.6 Å². The van der Waals surface area contributed by atoms with Gasteiger partial charge in [-0.05, 0) is 55.7 Å². The number of ether oxygens (including phenoxy) is 2. The largest absolute Gasteiger partial charge is 0.496 e. The summed E-state index contributed by atoms with van der Waals surface area (Å²) < 4.78 is 14.5. The lowest BCUT2D eigenvalue weighted by Crippen LogP contribution is -2.38. The van der Waals surface area contributed by atoms with E-state index in [4.69, 9.17) is 9.47 Å². The Morgan fingerprint density at radius 1 is 1.31 bits per heavy atom. The van der Waals surface area contributed by atoms with Crippen LogP contribution in [-0.4, -0.2) is 33.9 Å². The van der Waals surface area contributed by atoms with Crippen LogP contribution in [0.3, 0.4) is 0 Å². The monoisotopic (exact) mass is 502 g/mol. The molecule has 1 aliphatic heterocycles. The van der Waals surface area contributed by atoms with Crippen molar-refractivity contribution in [3.05, 3.63) is 45.8 Å². The normalized spacial score (nSPS) is 25.3. The Morgan fingerprint density at radius 3 is 2.81 bits per heavy atom. The highest BCUT2D eigenvalue weighted by Crippen LogP contribution is 2.42. The molecule has 32 heavy (non-hydrogen) atoms. The second kappa shape index (κ2) is 9.25. The molecule has 1 fully saturated rings. The Kier molecular flexibility index (Phi) is 6.60. The Balaban J connectivity index is 1.74. The lowest BCUT2D eigenvalue weighted by Gasteiger charge is -2.37. The van der Waals surface area contributed by atoms with Crippen LogP contribution in [0.4, 0.5) is 5.95 Å². The third-order valence-electron chi connectivity index (χ3n) is 6.72. The zero-order chi connectivity index (χ0) is 23.0. The molecular formula is C24H31BrN4O3. The predicted octanol–water partition coefficient (Wildman–Crippen LogP) is 5.34. The first-order valence-electron chi connectivity index (χ1n) is 11.2. The topological polar surface area (TPSA) is 78.3 Å². The molecule has 4 atom stereocenters. The number of hydrogen-bond donors (Lipinski definition) is 1. The number of rotatable bonds is 5. The summed E-state index contributed by atoms with van der Waals surface area (Å²) in [5.74, 6) is 2.32. The van der Waals surface area contributed by atoms with Gasteiger partial charge in [0.1, 0.15) is 24.2 Å². The molecule has 2 aliphatic rings. The van der Waals surface area contributed by atoms with Gasteiger partial charge < -0.3 is 14.8 Å². The van der Waals surface area contributed by atoms with E-state index in [9.17, 15) is 4.79 Å². The Morgan fingerprint density at radius 2 is 2.09 bits per heavy atom. The predicted molar refractivity (Wildman–Crippen MR) is 126 cm³/mol. The SMILES string of the molecule is COc1ccc(Br)cc1C1C(C(=O)OC2CC(C)CCC2C(C)C)=C(C)Nc2ncnn21. The van der Waals surface area contributed by atoms with Gasteiger partial charge in [-0.3, -0.25) is 0 Å². The van der Waals surface area contributed by atoms with E-state index in [0.29, 0.717) is 40.7 Å². The summed E-state index contributed by atoms with van der Waals surface area (Å²) in [7, 11) is 1.63. The highest BCUT2D eigenvalue weighted by molar-refractivity contribution is 9.10. The number of carbonyl (C=O) groups is 1. The maximum Gasteiger partial charge on any atom is 0.338 e. The van der Waals surface area contributed by atoms with Gasteiger partial charge >= 0.3 is 5.97 Å². The molecule has 0 spiro atoms. The lowest BCUT2D eigenvalue weighted by molar-refractivity contribution is -0.151. The number of benzene rings is 1. The van der Waals surface area contributed by atoms with Crippen molar-refractivity contribution in [2.45, 2.75) is 59.1 Å². The molecule has 0 bridgehead atoms. The van der Waals surface area contributed by atoms with E-state index >= 15 is 0 Å². The van der Waals surface area contributed by atoms with E-state index in [0.717, 1.165) is 22.9 Å². The molecule has 4 unspecified atom stereocenters. The molecule has 4 rings (SSSR count). The standard InChI is InChI=1S/C24H31BrN4O3/c1-13(2)17-8-6-14(3)10-20(17)32-23(30)21-15(4)28-24-26-12-27-29(24)22(21)18-11-16(25)7-9-19(18)31-5/h7,9,11-14,17,20,22H,6,8,10H2,1-5H3,(H,26,27,28). The van der Waals surface area contributed by atoms with Gasteiger partial charge in [-0.1, -0.05) is 43.1 Å². The third-order valence-corrected chi connectivity index (χ3v) is 7.21. The van der Waals surface area contributed by atoms with Crippen molar-refractivity contribution >= 4 is 27.8 Å². The zero-order valence-corrected chi connectivity index (χ0v) is 20.8. The number of esters is 1. The minimum Gasteiger partial charge on any atom is -0.496 e. The second-order valence-electron chi connectivity index (χ2n) is 9.25. The molecule has 0 amide bonds. The van der Waals surface area contributed by atoms with Gasteiger partial charge in [-0.2, -0.15) is 10.1 Å². The molecule has 2 heterocycles. The van der Waals surface area contributed by atoms with Crippen LogP contribution in [0.25, 0.3) is 0 Å². The van der Waals surface area contributed by atoms with Crippen LogP contribution in [0, 0.1) is 17.8 Å². The van der Waals surface area contributed by atoms with E-state index < -0.39 is 6.04 Å². The average Bonchev–Trinajstić information content (AvgIpc) is 3.20. The van der Waals surface area contributed by atoms with Gasteiger partial charge in [0, 0.05) is 15.7 Å². The molecule has 7 nitrogen and oxygen atoms in total. The molecule has 1 aliphatic carbocycles. The highest BCUT2D eigenvalue weighted by atomic mass is 79.9. The first kappa shape index (κ1) is 22.8. The molecule has 0 saturated heterocycles. The van der Waals surface area contributed by atoms with Crippen LogP contribution >= 0.6 is 15.9 Å². The van der Waals surface area contributed by atoms with E-state index in [1.807, 2.05) is 25.1 Å². The molecule has 2 aromatic rings. The van der Waals surface area contributed by atoms with E-state index in [1.54, 1.807) is 11.8 Å². The Labute approximate surface area is 197 Å². The van der Waals surface area contributed by atoms with Crippen LogP contribution in [0.5, 0.6) is 5.75 Å². The molecule has 1 N–H and O–H groups in total. The van der Waals surface area contributed by atoms with Crippen molar-refractivity contribution < 1.29 is 14.3 Å². The van der Waals surface area contributed by atoms with Crippen LogP contribution in [0.2, 0.25) is 0 Å². The summed E-state index contributed by atoms with van der Waals surface area (Å²) in [6, 6.07) is 5.25. The third kappa shape index (κ3) is 4.29. The first-order chi connectivity index (χ1) is 15.3. The summed E-state index contributed by atoms with van der Waals surface area (Å²) in [4.78, 5) is 18.0. The fourth-order valence-corrected chi connectivity index (χ4v) is 5.39. The Hall–Kier alpha value is -2.35. The van der Waals surface area contributed by atoms with Crippen molar-refractivity contribution in [3.8, 4) is 5.75 Å². The smallest absolute Gasteiger partial charge is 0.338 e. The summed E-state index contributed by atoms with van der Waals surface area (Å²) in [5.41, 5.74) is 2.06. The van der Waals surface area contributed by atoms with E-state index in [-0.39, 0.29) is 12.1 Å². The number of halogens is 1. The van der Waals surface area contributed by atoms with E-state index in [2.05, 4.69) is 52.1 Å². The summed E-state index contributed by atoms with van der Waals surface area (Å²) in [6.07, 6.45) is 4.56. The molecule has 1 aromatic heterocycles. The summed E-state index contributed by atoms with van der Waals surface area (Å²) in [6.45, 7) is 8.55. The van der Waals surface area contributed by atoms with Crippen molar-refractivity contribution in [1.29, 1.82) is 0 Å². The number of aromatic nitrogens is 3. The number of hydrogen-bond acceptors (Lipinski definition) is 6. The maximum atomic E-state index is 13.7. The van der Waals surface area contributed by atoms with Crippen molar-refractivity contribution in [1.82, 2.24) is 14.8 Å². The number of nitrogens with one attached hydrogen (secondary N) is 1. The zero-order valence-electron chi connectivity index (χ0n) is 19.3. The average molecular weight is 503 g/mol. The van der Waals surface area contributed by atoms with Gasteiger partial charge in [0.05, 0.1) is 12.7 Å².